The zero-order valence-corrected chi connectivity index (χ0v) is 7.35. The van der Waals surface area contributed by atoms with Crippen molar-refractivity contribution in [1.29, 1.82) is 0 Å². The molecule has 0 saturated heterocycles. The lowest BCUT2D eigenvalue weighted by molar-refractivity contribution is 1.11. The van der Waals surface area contributed by atoms with Gasteiger partial charge in [0, 0.05) is 4.88 Å². The zero-order valence-electron chi connectivity index (χ0n) is 6.53. The van der Waals surface area contributed by atoms with E-state index in [9.17, 15) is 0 Å². The van der Waals surface area contributed by atoms with E-state index in [1.165, 1.54) is 4.88 Å². The topological polar surface area (TPSA) is 67.6 Å². The molecule has 4 nitrogen and oxygen atoms in total. The largest absolute Gasteiger partial charge is 0.366 e. The number of hydrogen-bond donors (Lipinski definition) is 2. The number of nitrogen functional groups attached to an aromatic ring is 1. The van der Waals surface area contributed by atoms with E-state index < -0.39 is 0 Å². The van der Waals surface area contributed by atoms with Crippen LogP contribution >= 0.6 is 11.3 Å². The molecule has 2 rings (SSSR count). The van der Waals surface area contributed by atoms with Gasteiger partial charge in [-0.1, -0.05) is 0 Å². The highest BCUT2D eigenvalue weighted by Crippen LogP contribution is 2.24. The van der Waals surface area contributed by atoms with Crippen molar-refractivity contribution >= 4 is 17.3 Å². The van der Waals surface area contributed by atoms with Crippen LogP contribution in [0, 0.1) is 6.92 Å². The number of thiophene rings is 1. The van der Waals surface area contributed by atoms with E-state index in [4.69, 9.17) is 5.73 Å². The molecule has 0 bridgehead atoms. The van der Waals surface area contributed by atoms with Crippen molar-refractivity contribution in [3.8, 4) is 10.7 Å². The molecule has 0 amide bonds. The van der Waals surface area contributed by atoms with Gasteiger partial charge < -0.3 is 5.73 Å². The summed E-state index contributed by atoms with van der Waals surface area (Å²) in [5.74, 6) is 1.03. The molecule has 0 atom stereocenters. The first-order valence-corrected chi connectivity index (χ1v) is 4.32. The predicted molar refractivity (Wildman–Crippen MR) is 48.8 cm³/mol. The van der Waals surface area contributed by atoms with Crippen LogP contribution in [0.25, 0.3) is 10.7 Å². The molecular weight excluding hydrogens is 172 g/mol. The zero-order chi connectivity index (χ0) is 8.55. The van der Waals surface area contributed by atoms with Crippen LogP contribution < -0.4 is 5.73 Å². The van der Waals surface area contributed by atoms with E-state index in [1.54, 1.807) is 11.3 Å². The SMILES string of the molecule is Cc1ccc(-c2nc(N)n[nH]2)s1. The van der Waals surface area contributed by atoms with E-state index in [0.717, 1.165) is 10.7 Å². The summed E-state index contributed by atoms with van der Waals surface area (Å²) in [6.45, 7) is 2.05. The minimum Gasteiger partial charge on any atom is -0.366 e. The van der Waals surface area contributed by atoms with Crippen molar-refractivity contribution in [2.24, 2.45) is 0 Å². The van der Waals surface area contributed by atoms with Crippen molar-refractivity contribution < 1.29 is 0 Å². The molecule has 0 aromatic carbocycles. The van der Waals surface area contributed by atoms with Crippen LogP contribution in [0.15, 0.2) is 12.1 Å². The molecule has 0 saturated carbocycles. The van der Waals surface area contributed by atoms with Crippen LogP contribution in [0.1, 0.15) is 4.88 Å². The Hall–Kier alpha value is -1.36. The highest BCUT2D eigenvalue weighted by atomic mass is 32.1. The Labute approximate surface area is 73.5 Å². The lowest BCUT2D eigenvalue weighted by Crippen LogP contribution is -1.84. The van der Waals surface area contributed by atoms with E-state index in [-0.39, 0.29) is 5.95 Å². The second-order valence-corrected chi connectivity index (χ2v) is 3.74. The summed E-state index contributed by atoms with van der Waals surface area (Å²) < 4.78 is 0. The maximum Gasteiger partial charge on any atom is 0.239 e. The highest BCUT2D eigenvalue weighted by molar-refractivity contribution is 7.15. The van der Waals surface area contributed by atoms with Crippen molar-refractivity contribution in [3.05, 3.63) is 17.0 Å². The lowest BCUT2D eigenvalue weighted by atomic mass is 10.4. The molecule has 0 spiro atoms. The van der Waals surface area contributed by atoms with E-state index in [2.05, 4.69) is 15.2 Å². The summed E-state index contributed by atoms with van der Waals surface area (Å²) in [6, 6.07) is 4.04. The molecule has 2 aromatic heterocycles. The molecule has 0 aliphatic heterocycles. The minimum absolute atomic E-state index is 0.288. The third-order valence-corrected chi connectivity index (χ3v) is 2.48. The van der Waals surface area contributed by atoms with Crippen LogP contribution in [0.2, 0.25) is 0 Å². The third-order valence-electron chi connectivity index (χ3n) is 1.48. The fourth-order valence-electron chi connectivity index (χ4n) is 0.947. The van der Waals surface area contributed by atoms with Gasteiger partial charge in [-0.2, -0.15) is 4.98 Å². The van der Waals surface area contributed by atoms with Crippen molar-refractivity contribution in [1.82, 2.24) is 15.2 Å². The number of H-pyrrole nitrogens is 1. The standard InChI is InChI=1S/C7H8N4S/c1-4-2-3-5(12-4)6-9-7(8)11-10-6/h2-3H,1H3,(H3,8,9,10,11). The molecular formula is C7H8N4S. The summed E-state index contributed by atoms with van der Waals surface area (Å²) in [5.41, 5.74) is 5.37. The lowest BCUT2D eigenvalue weighted by Gasteiger charge is -1.84. The maximum absolute atomic E-state index is 5.37. The fraction of sp³-hybridized carbons (Fsp3) is 0.143. The smallest absolute Gasteiger partial charge is 0.239 e. The van der Waals surface area contributed by atoms with Gasteiger partial charge in [-0.25, -0.2) is 0 Å². The molecule has 2 heterocycles. The van der Waals surface area contributed by atoms with Gasteiger partial charge in [-0.3, -0.25) is 5.10 Å². The van der Waals surface area contributed by atoms with Gasteiger partial charge in [-0.05, 0) is 19.1 Å². The second-order valence-electron chi connectivity index (χ2n) is 2.45. The summed E-state index contributed by atoms with van der Waals surface area (Å²) in [4.78, 5) is 6.33. The molecule has 0 unspecified atom stereocenters. The van der Waals surface area contributed by atoms with Crippen molar-refractivity contribution in [2.75, 3.05) is 5.73 Å². The Morgan fingerprint density at radius 1 is 1.50 bits per heavy atom. The summed E-state index contributed by atoms with van der Waals surface area (Å²) in [6.07, 6.45) is 0. The number of anilines is 1. The Bertz CT molecular complexity index is 351. The highest BCUT2D eigenvalue weighted by Gasteiger charge is 2.04. The molecule has 0 fully saturated rings. The Morgan fingerprint density at radius 3 is 2.83 bits per heavy atom. The van der Waals surface area contributed by atoms with Gasteiger partial charge in [0.1, 0.15) is 0 Å². The first-order valence-electron chi connectivity index (χ1n) is 3.50. The first kappa shape index (κ1) is 7.30. The van der Waals surface area contributed by atoms with E-state index >= 15 is 0 Å². The fourth-order valence-corrected chi connectivity index (χ4v) is 1.75. The van der Waals surface area contributed by atoms with Crippen LogP contribution in [0.5, 0.6) is 0 Å². The minimum atomic E-state index is 0.288. The quantitative estimate of drug-likeness (QED) is 0.697. The Balaban J connectivity index is 2.43. The number of nitrogens with one attached hydrogen (secondary N) is 1. The summed E-state index contributed by atoms with van der Waals surface area (Å²) in [7, 11) is 0. The van der Waals surface area contributed by atoms with Crippen molar-refractivity contribution in [2.45, 2.75) is 6.92 Å². The van der Waals surface area contributed by atoms with Crippen LogP contribution in [-0.2, 0) is 0 Å². The molecule has 0 aliphatic rings. The van der Waals surface area contributed by atoms with Gasteiger partial charge in [0.05, 0.1) is 4.88 Å². The monoisotopic (exact) mass is 180 g/mol. The molecule has 62 valence electrons. The Morgan fingerprint density at radius 2 is 2.33 bits per heavy atom. The molecule has 0 radical (unpaired) electrons. The van der Waals surface area contributed by atoms with Crippen LogP contribution in [-0.4, -0.2) is 15.2 Å². The van der Waals surface area contributed by atoms with Crippen LogP contribution in [0.3, 0.4) is 0 Å². The molecule has 3 N–H and O–H groups in total. The van der Waals surface area contributed by atoms with Crippen LogP contribution in [0.4, 0.5) is 5.95 Å². The molecule has 2 aromatic rings. The first-order chi connectivity index (χ1) is 5.75. The number of nitrogens with zero attached hydrogens (tertiary/aromatic N) is 2. The van der Waals surface area contributed by atoms with Gasteiger partial charge in [0.15, 0.2) is 5.82 Å². The number of rotatable bonds is 1. The molecule has 5 heteroatoms. The molecule has 0 aliphatic carbocycles. The predicted octanol–water partition coefficient (Wildman–Crippen LogP) is 1.42. The van der Waals surface area contributed by atoms with Gasteiger partial charge >= 0.3 is 0 Å². The summed E-state index contributed by atoms with van der Waals surface area (Å²) >= 11 is 1.66. The average molecular weight is 180 g/mol. The normalized spacial score (nSPS) is 10.4. The number of aryl methyl sites for hydroxylation is 1. The number of aromatic nitrogens is 3. The average Bonchev–Trinajstić information content (AvgIpc) is 2.58. The van der Waals surface area contributed by atoms with Gasteiger partial charge in [0.2, 0.25) is 5.95 Å². The molecule has 12 heavy (non-hydrogen) atoms. The number of aromatic amines is 1. The van der Waals surface area contributed by atoms with E-state index in [1.807, 2.05) is 19.1 Å². The van der Waals surface area contributed by atoms with Gasteiger partial charge in [0.25, 0.3) is 0 Å². The van der Waals surface area contributed by atoms with Gasteiger partial charge in [-0.15, -0.1) is 16.4 Å². The third kappa shape index (κ3) is 1.18. The van der Waals surface area contributed by atoms with E-state index in [0.29, 0.717) is 0 Å². The Kier molecular flexibility index (Phi) is 1.58. The summed E-state index contributed by atoms with van der Waals surface area (Å²) in [5, 5.41) is 6.51. The number of hydrogen-bond acceptors (Lipinski definition) is 4. The number of nitrogens with two attached hydrogens (primary N) is 1. The maximum atomic E-state index is 5.37. The van der Waals surface area contributed by atoms with Crippen molar-refractivity contribution in [3.63, 3.8) is 0 Å². The second kappa shape index (κ2) is 2.60.